The molecule has 3 rings (SSSR count). The summed E-state index contributed by atoms with van der Waals surface area (Å²) in [6.07, 6.45) is 4.60. The van der Waals surface area contributed by atoms with Crippen LogP contribution in [0.2, 0.25) is 5.02 Å². The minimum absolute atomic E-state index is 0.353. The molecule has 6 nitrogen and oxygen atoms in total. The van der Waals surface area contributed by atoms with Crippen LogP contribution >= 0.6 is 11.6 Å². The molecule has 0 aliphatic carbocycles. The molecular weight excluding hydrogens is 458 g/mol. The number of hydrogen-bond acceptors (Lipinski definition) is 6. The van der Waals surface area contributed by atoms with Gasteiger partial charge in [-0.2, -0.15) is 0 Å². The van der Waals surface area contributed by atoms with Gasteiger partial charge in [0.15, 0.2) is 0 Å². The maximum absolute atomic E-state index is 9.63. The van der Waals surface area contributed by atoms with Crippen LogP contribution in [0.1, 0.15) is 33.6 Å². The number of sulfone groups is 1. The number of methoxy groups -OCH3 is 1. The van der Waals surface area contributed by atoms with E-state index in [2.05, 4.69) is 43.1 Å². The Morgan fingerprint density at radius 2 is 1.73 bits per heavy atom. The van der Waals surface area contributed by atoms with E-state index in [0.29, 0.717) is 11.1 Å². The predicted octanol–water partition coefficient (Wildman–Crippen LogP) is 5.63. The molecule has 0 aliphatic rings. The van der Waals surface area contributed by atoms with Crippen LogP contribution < -0.4 is 10.1 Å². The first-order chi connectivity index (χ1) is 15.5. The second kappa shape index (κ2) is 12.4. The average molecular weight is 494 g/mol. The molecule has 2 aromatic carbocycles. The van der Waals surface area contributed by atoms with E-state index in [4.69, 9.17) is 21.3 Å². The number of aromatic nitrogens is 1. The van der Waals surface area contributed by atoms with Gasteiger partial charge in [-0.25, -0.2) is 13.4 Å². The van der Waals surface area contributed by atoms with Crippen LogP contribution in [0.5, 0.6) is 5.75 Å². The third-order valence-electron chi connectivity index (χ3n) is 5.34. The van der Waals surface area contributed by atoms with Gasteiger partial charge in [0.05, 0.1) is 23.8 Å². The van der Waals surface area contributed by atoms with E-state index < -0.39 is 9.84 Å². The summed E-state index contributed by atoms with van der Waals surface area (Å²) >= 11 is 6.22. The summed E-state index contributed by atoms with van der Waals surface area (Å²) in [4.78, 5) is 7.27. The van der Waals surface area contributed by atoms with Crippen LogP contribution in [0.25, 0.3) is 21.8 Å². The summed E-state index contributed by atoms with van der Waals surface area (Å²) in [6.45, 7) is 10.0. The Morgan fingerprint density at radius 1 is 1.06 bits per heavy atom. The lowest BCUT2D eigenvalue weighted by Gasteiger charge is -2.22. The summed E-state index contributed by atoms with van der Waals surface area (Å²) < 4.78 is 24.7. The number of rotatable bonds is 9. The minimum Gasteiger partial charge on any atom is -0.497 e. The van der Waals surface area contributed by atoms with Gasteiger partial charge < -0.3 is 15.0 Å². The fourth-order valence-corrected chi connectivity index (χ4v) is 3.82. The number of nitrogens with one attached hydrogen (secondary N) is 1. The second-order valence-electron chi connectivity index (χ2n) is 8.39. The van der Waals surface area contributed by atoms with E-state index >= 15 is 0 Å². The molecule has 1 N–H and O–H groups in total. The summed E-state index contributed by atoms with van der Waals surface area (Å²) in [6, 6.07) is 12.3. The quantitative estimate of drug-likeness (QED) is 0.389. The fraction of sp³-hybridized carbons (Fsp3) is 0.480. The largest absolute Gasteiger partial charge is 0.497 e. The van der Waals surface area contributed by atoms with Crippen molar-refractivity contribution in [2.24, 2.45) is 0 Å². The van der Waals surface area contributed by atoms with E-state index in [-0.39, 0.29) is 0 Å². The predicted molar refractivity (Wildman–Crippen MR) is 142 cm³/mol. The van der Waals surface area contributed by atoms with E-state index in [1.165, 1.54) is 6.42 Å². The molecule has 33 heavy (non-hydrogen) atoms. The zero-order chi connectivity index (χ0) is 24.6. The molecular formula is C25H36ClN3O3S. The number of fused-ring (bicyclic) bond motifs is 2. The van der Waals surface area contributed by atoms with E-state index in [0.717, 1.165) is 71.8 Å². The van der Waals surface area contributed by atoms with Gasteiger partial charge >= 0.3 is 0 Å². The maximum atomic E-state index is 9.63. The normalized spacial score (nSPS) is 12.5. The molecule has 0 spiro atoms. The lowest BCUT2D eigenvalue weighted by molar-refractivity contribution is 0.295. The van der Waals surface area contributed by atoms with Gasteiger partial charge in [-0.15, -0.1) is 0 Å². The Hall–Kier alpha value is -2.09. The van der Waals surface area contributed by atoms with E-state index in [1.807, 2.05) is 24.3 Å². The van der Waals surface area contributed by atoms with Gasteiger partial charge in [0, 0.05) is 34.3 Å². The van der Waals surface area contributed by atoms with Crippen LogP contribution in [-0.4, -0.2) is 63.6 Å². The molecule has 0 saturated carbocycles. The summed E-state index contributed by atoms with van der Waals surface area (Å²) in [5.41, 5.74) is 2.95. The number of ether oxygens (including phenoxy) is 1. The van der Waals surface area contributed by atoms with Crippen molar-refractivity contribution in [1.29, 1.82) is 0 Å². The maximum Gasteiger partial charge on any atom is 0.144 e. The highest BCUT2D eigenvalue weighted by atomic mass is 35.5. The standard InChI is InChI=1S/C23H30ClN3O.C2H6O2S/c1-5-27(6-2)13-7-8-16(3)25-23-19-11-9-17(24)14-22(19)26-21-12-10-18(28-4)15-20(21)23;1-5(2,3)4/h9-12,14-16H,5-8,13H2,1-4H3,(H,25,26);1-2H3. The van der Waals surface area contributed by atoms with E-state index in [1.54, 1.807) is 7.11 Å². The SMILES string of the molecule is CCN(CC)CCCC(C)Nc1c2ccc(Cl)cc2nc2ccc(OC)cc12.CS(C)(=O)=O. The fourth-order valence-electron chi connectivity index (χ4n) is 3.66. The number of anilines is 1. The van der Waals surface area contributed by atoms with Crippen molar-refractivity contribution >= 4 is 48.9 Å². The lowest BCUT2D eigenvalue weighted by atomic mass is 10.1. The highest BCUT2D eigenvalue weighted by Gasteiger charge is 2.13. The molecule has 1 unspecified atom stereocenters. The van der Waals surface area contributed by atoms with Crippen LogP contribution in [0.3, 0.4) is 0 Å². The van der Waals surface area contributed by atoms with Crippen LogP contribution in [0.15, 0.2) is 36.4 Å². The van der Waals surface area contributed by atoms with Crippen LogP contribution in [-0.2, 0) is 9.84 Å². The first-order valence-corrected chi connectivity index (χ1v) is 13.9. The number of hydrogen-bond donors (Lipinski definition) is 1. The van der Waals surface area contributed by atoms with Crippen molar-refractivity contribution in [3.05, 3.63) is 41.4 Å². The first kappa shape index (κ1) is 27.2. The Kier molecular flexibility index (Phi) is 10.2. The molecule has 8 heteroatoms. The summed E-state index contributed by atoms with van der Waals surface area (Å²) in [7, 11) is -0.974. The van der Waals surface area contributed by atoms with Crippen molar-refractivity contribution in [1.82, 2.24) is 9.88 Å². The Bertz CT molecular complexity index is 1160. The zero-order valence-corrected chi connectivity index (χ0v) is 22.1. The molecule has 0 aliphatic heterocycles. The van der Waals surface area contributed by atoms with Crippen LogP contribution in [0, 0.1) is 0 Å². The van der Waals surface area contributed by atoms with Gasteiger partial charge in [-0.3, -0.25) is 0 Å². The second-order valence-corrected chi connectivity index (χ2v) is 11.1. The van der Waals surface area contributed by atoms with Gasteiger partial charge in [0.25, 0.3) is 0 Å². The molecule has 1 aromatic heterocycles. The van der Waals surface area contributed by atoms with Crippen molar-refractivity contribution in [3.8, 4) is 5.75 Å². The van der Waals surface area contributed by atoms with Gasteiger partial charge in [0.2, 0.25) is 0 Å². The molecule has 182 valence electrons. The monoisotopic (exact) mass is 493 g/mol. The third-order valence-corrected chi connectivity index (χ3v) is 5.57. The Morgan fingerprint density at radius 3 is 2.33 bits per heavy atom. The minimum atomic E-state index is -2.67. The zero-order valence-electron chi connectivity index (χ0n) is 20.5. The smallest absolute Gasteiger partial charge is 0.144 e. The Balaban J connectivity index is 0.000000696. The number of benzene rings is 2. The topological polar surface area (TPSA) is 71.5 Å². The molecule has 0 bridgehead atoms. The van der Waals surface area contributed by atoms with Crippen molar-refractivity contribution in [2.45, 2.75) is 39.7 Å². The Labute approximate surface area is 203 Å². The molecule has 0 amide bonds. The molecule has 0 radical (unpaired) electrons. The molecule has 3 aromatic rings. The molecule has 0 saturated heterocycles. The highest BCUT2D eigenvalue weighted by Crippen LogP contribution is 2.34. The highest BCUT2D eigenvalue weighted by molar-refractivity contribution is 7.89. The van der Waals surface area contributed by atoms with Crippen molar-refractivity contribution < 1.29 is 13.2 Å². The summed E-state index contributed by atoms with van der Waals surface area (Å²) in [5, 5.41) is 6.61. The first-order valence-electron chi connectivity index (χ1n) is 11.3. The van der Waals surface area contributed by atoms with Crippen molar-refractivity contribution in [3.63, 3.8) is 0 Å². The van der Waals surface area contributed by atoms with Crippen LogP contribution in [0.4, 0.5) is 5.69 Å². The lowest BCUT2D eigenvalue weighted by Crippen LogP contribution is -2.25. The number of pyridine rings is 1. The van der Waals surface area contributed by atoms with Crippen molar-refractivity contribution in [2.75, 3.05) is 44.6 Å². The third kappa shape index (κ3) is 8.65. The van der Waals surface area contributed by atoms with Gasteiger partial charge in [-0.1, -0.05) is 25.4 Å². The van der Waals surface area contributed by atoms with Gasteiger partial charge in [-0.05, 0) is 75.8 Å². The van der Waals surface area contributed by atoms with Gasteiger partial charge in [0.1, 0.15) is 15.6 Å². The molecule has 1 heterocycles. The molecule has 0 fully saturated rings. The number of halogens is 1. The number of nitrogens with zero attached hydrogens (tertiary/aromatic N) is 2. The van der Waals surface area contributed by atoms with E-state index in [9.17, 15) is 8.42 Å². The summed E-state index contributed by atoms with van der Waals surface area (Å²) in [5.74, 6) is 0.833. The average Bonchev–Trinajstić information content (AvgIpc) is 2.75. The molecule has 1 atom stereocenters.